The van der Waals surface area contributed by atoms with Gasteiger partial charge in [0.2, 0.25) is 11.8 Å². The molecule has 2 aromatic rings. The van der Waals surface area contributed by atoms with Crippen LogP contribution in [-0.4, -0.2) is 57.5 Å². The Balaban J connectivity index is 1.35. The molecule has 0 N–H and O–H groups in total. The van der Waals surface area contributed by atoms with Crippen LogP contribution in [0.5, 0.6) is 0 Å². The van der Waals surface area contributed by atoms with E-state index in [2.05, 4.69) is 27.1 Å². The lowest BCUT2D eigenvalue weighted by atomic mass is 9.93. The van der Waals surface area contributed by atoms with Crippen LogP contribution in [0.25, 0.3) is 0 Å². The van der Waals surface area contributed by atoms with Crippen molar-refractivity contribution in [3.63, 3.8) is 0 Å². The Labute approximate surface area is 153 Å². The highest BCUT2D eigenvalue weighted by Crippen LogP contribution is 2.28. The summed E-state index contributed by atoms with van der Waals surface area (Å²) in [6.07, 6.45) is 5.42. The van der Waals surface area contributed by atoms with Gasteiger partial charge in [-0.3, -0.25) is 9.78 Å². The van der Waals surface area contributed by atoms with Gasteiger partial charge in [0.25, 0.3) is 0 Å². The number of piperidine rings is 1. The van der Waals surface area contributed by atoms with Crippen molar-refractivity contribution in [3.8, 4) is 0 Å². The third kappa shape index (κ3) is 3.93. The van der Waals surface area contributed by atoms with Crippen LogP contribution in [0, 0.1) is 5.92 Å². The van der Waals surface area contributed by atoms with Gasteiger partial charge >= 0.3 is 0 Å². The number of nitrogens with zero attached hydrogens (tertiary/aromatic N) is 5. The molecule has 1 unspecified atom stereocenters. The Morgan fingerprint density at radius 3 is 2.88 bits per heavy atom. The first-order chi connectivity index (χ1) is 12.7. The minimum absolute atomic E-state index is 0.00930. The molecular formula is C19H25N5O2. The summed E-state index contributed by atoms with van der Waals surface area (Å²) in [5, 5.41) is 4.17. The monoisotopic (exact) mass is 355 g/mol. The van der Waals surface area contributed by atoms with Gasteiger partial charge in [-0.1, -0.05) is 11.2 Å². The Bertz CT molecular complexity index is 739. The van der Waals surface area contributed by atoms with Crippen LogP contribution in [0.4, 0.5) is 0 Å². The molecule has 26 heavy (non-hydrogen) atoms. The maximum Gasteiger partial charge on any atom is 0.232 e. The predicted octanol–water partition coefficient (Wildman–Crippen LogP) is 1.86. The van der Waals surface area contributed by atoms with Gasteiger partial charge in [-0.05, 0) is 51.0 Å². The molecule has 0 bridgehead atoms. The third-order valence-corrected chi connectivity index (χ3v) is 5.44. The predicted molar refractivity (Wildman–Crippen MR) is 95.2 cm³/mol. The molecule has 1 atom stereocenters. The number of carbonyl (C=O) groups is 1. The zero-order valence-corrected chi connectivity index (χ0v) is 15.2. The normalized spacial score (nSPS) is 22.3. The SMILES string of the molecule is CN1CCC(Cc2noc(C3CC(=O)N(Cc4ccccn4)C3)n2)CC1. The first-order valence-corrected chi connectivity index (χ1v) is 9.36. The van der Waals surface area contributed by atoms with Gasteiger partial charge in [-0.15, -0.1) is 0 Å². The van der Waals surface area contributed by atoms with E-state index in [1.165, 1.54) is 12.8 Å². The van der Waals surface area contributed by atoms with Crippen LogP contribution in [0.2, 0.25) is 0 Å². The van der Waals surface area contributed by atoms with Crippen LogP contribution in [0.1, 0.15) is 42.6 Å². The topological polar surface area (TPSA) is 75.4 Å². The minimum Gasteiger partial charge on any atom is -0.339 e. The average Bonchev–Trinajstić information content (AvgIpc) is 3.25. The zero-order chi connectivity index (χ0) is 17.9. The number of amides is 1. The van der Waals surface area contributed by atoms with Gasteiger partial charge in [0.15, 0.2) is 5.82 Å². The molecule has 2 aromatic heterocycles. The highest BCUT2D eigenvalue weighted by Gasteiger charge is 2.34. The van der Waals surface area contributed by atoms with Crippen molar-refractivity contribution in [1.29, 1.82) is 0 Å². The summed E-state index contributed by atoms with van der Waals surface area (Å²) in [4.78, 5) is 25.4. The van der Waals surface area contributed by atoms with E-state index in [1.807, 2.05) is 23.1 Å². The molecule has 7 nitrogen and oxygen atoms in total. The van der Waals surface area contributed by atoms with E-state index in [4.69, 9.17) is 4.52 Å². The molecule has 4 rings (SSSR count). The quantitative estimate of drug-likeness (QED) is 0.815. The molecule has 2 aliphatic heterocycles. The van der Waals surface area contributed by atoms with E-state index in [1.54, 1.807) is 6.20 Å². The molecule has 2 saturated heterocycles. The molecule has 0 radical (unpaired) electrons. The molecule has 1 amide bonds. The Morgan fingerprint density at radius 2 is 2.12 bits per heavy atom. The summed E-state index contributed by atoms with van der Waals surface area (Å²) in [6.45, 7) is 3.42. The highest BCUT2D eigenvalue weighted by molar-refractivity contribution is 5.79. The largest absolute Gasteiger partial charge is 0.339 e. The second-order valence-electron chi connectivity index (χ2n) is 7.50. The van der Waals surface area contributed by atoms with Crippen molar-refractivity contribution in [2.24, 2.45) is 5.92 Å². The summed E-state index contributed by atoms with van der Waals surface area (Å²) in [5.74, 6) is 2.12. The zero-order valence-electron chi connectivity index (χ0n) is 15.2. The van der Waals surface area contributed by atoms with Gasteiger partial charge in [0.05, 0.1) is 18.2 Å². The average molecular weight is 355 g/mol. The van der Waals surface area contributed by atoms with Gasteiger partial charge in [0, 0.05) is 25.6 Å². The fourth-order valence-corrected chi connectivity index (χ4v) is 3.82. The van der Waals surface area contributed by atoms with Gasteiger partial charge < -0.3 is 14.3 Å². The van der Waals surface area contributed by atoms with Crippen molar-refractivity contribution in [3.05, 3.63) is 41.8 Å². The van der Waals surface area contributed by atoms with Crippen LogP contribution >= 0.6 is 0 Å². The molecule has 0 aromatic carbocycles. The van der Waals surface area contributed by atoms with Crippen molar-refractivity contribution in [1.82, 2.24) is 24.9 Å². The molecule has 2 aliphatic rings. The fourth-order valence-electron chi connectivity index (χ4n) is 3.82. The number of carbonyl (C=O) groups excluding carboxylic acids is 1. The molecule has 138 valence electrons. The maximum absolute atomic E-state index is 12.3. The summed E-state index contributed by atoms with van der Waals surface area (Å²) in [5.41, 5.74) is 0.898. The maximum atomic E-state index is 12.3. The lowest BCUT2D eigenvalue weighted by Crippen LogP contribution is -2.31. The van der Waals surface area contributed by atoms with Gasteiger partial charge in [-0.2, -0.15) is 4.98 Å². The van der Waals surface area contributed by atoms with E-state index in [9.17, 15) is 4.79 Å². The first-order valence-electron chi connectivity index (χ1n) is 9.36. The van der Waals surface area contributed by atoms with E-state index in [0.717, 1.165) is 31.0 Å². The number of hydrogen-bond acceptors (Lipinski definition) is 6. The lowest BCUT2D eigenvalue weighted by molar-refractivity contribution is -0.128. The second kappa shape index (κ2) is 7.53. The summed E-state index contributed by atoms with van der Waals surface area (Å²) in [7, 11) is 2.16. The first kappa shape index (κ1) is 17.1. The fraction of sp³-hybridized carbons (Fsp3) is 0.579. The molecule has 2 fully saturated rings. The Hall–Kier alpha value is -2.28. The number of hydrogen-bond donors (Lipinski definition) is 0. The Kier molecular flexibility index (Phi) is 4.97. The van der Waals surface area contributed by atoms with Crippen LogP contribution in [-0.2, 0) is 17.8 Å². The van der Waals surface area contributed by atoms with Crippen LogP contribution < -0.4 is 0 Å². The van der Waals surface area contributed by atoms with E-state index >= 15 is 0 Å². The third-order valence-electron chi connectivity index (χ3n) is 5.44. The van der Waals surface area contributed by atoms with Gasteiger partial charge in [0.1, 0.15) is 0 Å². The smallest absolute Gasteiger partial charge is 0.232 e. The number of pyridine rings is 1. The minimum atomic E-state index is -0.00930. The molecule has 4 heterocycles. The summed E-state index contributed by atoms with van der Waals surface area (Å²) in [6, 6.07) is 5.75. The molecule has 7 heteroatoms. The van der Waals surface area contributed by atoms with Gasteiger partial charge in [-0.25, -0.2) is 0 Å². The second-order valence-corrected chi connectivity index (χ2v) is 7.50. The number of likely N-dealkylation sites (tertiary alicyclic amines) is 2. The molecule has 0 aliphatic carbocycles. The van der Waals surface area contributed by atoms with Crippen molar-refractivity contribution in [2.45, 2.75) is 38.1 Å². The standard InChI is InChI=1S/C19H25N5O2/c1-23-8-5-14(6-9-23)10-17-21-19(26-22-17)15-11-18(25)24(12-15)13-16-4-2-3-7-20-16/h2-4,7,14-15H,5-6,8-13H2,1H3. The Morgan fingerprint density at radius 1 is 1.27 bits per heavy atom. The van der Waals surface area contributed by atoms with Crippen molar-refractivity contribution < 1.29 is 9.32 Å². The van der Waals surface area contributed by atoms with Crippen molar-refractivity contribution in [2.75, 3.05) is 26.7 Å². The summed E-state index contributed by atoms with van der Waals surface area (Å²) >= 11 is 0. The molecule has 0 spiro atoms. The number of aromatic nitrogens is 3. The molecular weight excluding hydrogens is 330 g/mol. The lowest BCUT2D eigenvalue weighted by Gasteiger charge is -2.28. The van der Waals surface area contributed by atoms with E-state index < -0.39 is 0 Å². The molecule has 0 saturated carbocycles. The highest BCUT2D eigenvalue weighted by atomic mass is 16.5. The van der Waals surface area contributed by atoms with Crippen molar-refractivity contribution >= 4 is 5.91 Å². The van der Waals surface area contributed by atoms with Crippen LogP contribution in [0.15, 0.2) is 28.9 Å². The summed E-state index contributed by atoms with van der Waals surface area (Å²) < 4.78 is 5.49. The van der Waals surface area contributed by atoms with E-state index in [0.29, 0.717) is 31.3 Å². The number of rotatable bonds is 5. The van der Waals surface area contributed by atoms with E-state index in [-0.39, 0.29) is 11.8 Å². The van der Waals surface area contributed by atoms with Crippen LogP contribution in [0.3, 0.4) is 0 Å².